The molecule has 1 N–H and O–H groups in total. The van der Waals surface area contributed by atoms with Crippen molar-refractivity contribution < 1.29 is 9.73 Å². The van der Waals surface area contributed by atoms with Gasteiger partial charge in [-0.25, -0.2) is 10.5 Å². The van der Waals surface area contributed by atoms with Crippen LogP contribution in [0.25, 0.3) is 0 Å². The fourth-order valence-electron chi connectivity index (χ4n) is 1.15. The van der Waals surface area contributed by atoms with Gasteiger partial charge in [-0.1, -0.05) is 12.1 Å². The van der Waals surface area contributed by atoms with Gasteiger partial charge in [0.2, 0.25) is 0 Å². The summed E-state index contributed by atoms with van der Waals surface area (Å²) in [6, 6.07) is 7.26. The van der Waals surface area contributed by atoms with Gasteiger partial charge < -0.3 is 0 Å². The van der Waals surface area contributed by atoms with Gasteiger partial charge in [-0.15, -0.1) is 0 Å². The average molecular weight is 164 g/mol. The minimum Gasteiger partial charge on any atom is -0.267 e. The van der Waals surface area contributed by atoms with Crippen LogP contribution in [0.15, 0.2) is 24.3 Å². The smallest absolute Gasteiger partial charge is 0.267 e. The van der Waals surface area contributed by atoms with Crippen molar-refractivity contribution in [1.82, 2.24) is 5.48 Å². The van der Waals surface area contributed by atoms with Crippen molar-refractivity contribution >= 4 is 11.6 Å². The fourth-order valence-corrected chi connectivity index (χ4v) is 1.15. The lowest BCUT2D eigenvalue weighted by Crippen LogP contribution is -2.38. The third kappa shape index (κ3) is 0.931. The summed E-state index contributed by atoms with van der Waals surface area (Å²) in [5.74, 6) is -0.205. The molecule has 0 atom stereocenters. The van der Waals surface area contributed by atoms with Gasteiger partial charge in [-0.05, 0) is 12.1 Å². The Kier molecular flexibility index (Phi) is 1.48. The van der Waals surface area contributed by atoms with E-state index in [2.05, 4.69) is 5.48 Å². The standard InChI is InChI=1S/C8H8N2O2/c1-10-7-5-3-2-4-6(7)8(11)9-12-10/h2-5H,1H3,(H,9,11). The third-order valence-electron chi connectivity index (χ3n) is 1.76. The van der Waals surface area contributed by atoms with Gasteiger partial charge in [-0.3, -0.25) is 4.79 Å². The predicted octanol–water partition coefficient (Wildman–Crippen LogP) is 0.713. The van der Waals surface area contributed by atoms with Gasteiger partial charge in [0, 0.05) is 7.05 Å². The lowest BCUT2D eigenvalue weighted by atomic mass is 10.1. The molecule has 0 saturated carbocycles. The molecule has 12 heavy (non-hydrogen) atoms. The van der Waals surface area contributed by atoms with Crippen LogP contribution in [-0.2, 0) is 4.94 Å². The SMILES string of the molecule is CN1ONC(=O)c2ccccc21. The zero-order chi connectivity index (χ0) is 8.55. The largest absolute Gasteiger partial charge is 0.278 e. The number of amides is 1. The molecule has 1 aromatic rings. The van der Waals surface area contributed by atoms with E-state index in [0.29, 0.717) is 5.56 Å². The summed E-state index contributed by atoms with van der Waals surface area (Å²) in [5, 5.41) is 1.51. The summed E-state index contributed by atoms with van der Waals surface area (Å²) in [6.45, 7) is 0. The second-order valence-electron chi connectivity index (χ2n) is 2.54. The first-order chi connectivity index (χ1) is 5.79. The van der Waals surface area contributed by atoms with E-state index >= 15 is 0 Å². The van der Waals surface area contributed by atoms with Crippen molar-refractivity contribution in [3.8, 4) is 0 Å². The number of nitrogens with zero attached hydrogens (tertiary/aromatic N) is 1. The van der Waals surface area contributed by atoms with E-state index in [1.54, 1.807) is 13.1 Å². The number of hydroxylamine groups is 2. The van der Waals surface area contributed by atoms with Crippen LogP contribution < -0.4 is 10.5 Å². The van der Waals surface area contributed by atoms with E-state index in [4.69, 9.17) is 4.94 Å². The fraction of sp³-hybridized carbons (Fsp3) is 0.125. The molecular weight excluding hydrogens is 156 g/mol. The molecule has 0 radical (unpaired) electrons. The zero-order valence-corrected chi connectivity index (χ0v) is 6.57. The van der Waals surface area contributed by atoms with Crippen LogP contribution in [0.1, 0.15) is 10.4 Å². The predicted molar refractivity (Wildman–Crippen MR) is 43.4 cm³/mol. The van der Waals surface area contributed by atoms with Gasteiger partial charge in [0.25, 0.3) is 5.91 Å². The summed E-state index contributed by atoms with van der Waals surface area (Å²) >= 11 is 0. The highest BCUT2D eigenvalue weighted by Gasteiger charge is 2.19. The van der Waals surface area contributed by atoms with Crippen LogP contribution in [-0.4, -0.2) is 13.0 Å². The number of fused-ring (bicyclic) bond motifs is 1. The molecule has 0 spiro atoms. The topological polar surface area (TPSA) is 41.6 Å². The van der Waals surface area contributed by atoms with Gasteiger partial charge in [-0.2, -0.15) is 4.94 Å². The summed E-state index contributed by atoms with van der Waals surface area (Å²) in [6.07, 6.45) is 0. The minimum atomic E-state index is -0.205. The molecule has 0 unspecified atom stereocenters. The van der Waals surface area contributed by atoms with Crippen molar-refractivity contribution in [3.63, 3.8) is 0 Å². The molecule has 0 saturated heterocycles. The number of hydrogen-bond donors (Lipinski definition) is 1. The number of carbonyl (C=O) groups excluding carboxylic acids is 1. The average Bonchev–Trinajstić information content (AvgIpc) is 2.12. The number of rotatable bonds is 0. The van der Waals surface area contributed by atoms with Crippen LogP contribution in [0.3, 0.4) is 0 Å². The van der Waals surface area contributed by atoms with E-state index in [0.717, 1.165) is 5.69 Å². The monoisotopic (exact) mass is 164 g/mol. The Morgan fingerprint density at radius 1 is 1.42 bits per heavy atom. The molecule has 1 heterocycles. The maximum absolute atomic E-state index is 11.2. The second kappa shape index (κ2) is 2.49. The highest BCUT2D eigenvalue weighted by atomic mass is 16.8. The quantitative estimate of drug-likeness (QED) is 0.614. The molecule has 0 bridgehead atoms. The molecular formula is C8H8N2O2. The second-order valence-corrected chi connectivity index (χ2v) is 2.54. The summed E-state index contributed by atoms with van der Waals surface area (Å²) < 4.78 is 0. The normalized spacial score (nSPS) is 15.4. The molecule has 1 aliphatic heterocycles. The number of para-hydroxylation sites is 1. The Morgan fingerprint density at radius 2 is 2.17 bits per heavy atom. The molecule has 62 valence electrons. The Morgan fingerprint density at radius 3 is 2.92 bits per heavy atom. The Bertz CT molecular complexity index is 325. The first-order valence-electron chi connectivity index (χ1n) is 3.59. The van der Waals surface area contributed by atoms with Crippen LogP contribution in [0.2, 0.25) is 0 Å². The summed E-state index contributed by atoms with van der Waals surface area (Å²) in [4.78, 5) is 16.0. The third-order valence-corrected chi connectivity index (χ3v) is 1.76. The van der Waals surface area contributed by atoms with Crippen LogP contribution in [0, 0.1) is 0 Å². The number of hydrogen-bond acceptors (Lipinski definition) is 3. The summed E-state index contributed by atoms with van der Waals surface area (Å²) in [5.41, 5.74) is 3.68. The lowest BCUT2D eigenvalue weighted by molar-refractivity contribution is 0.0180. The van der Waals surface area contributed by atoms with E-state index in [1.165, 1.54) is 5.06 Å². The Labute approximate surface area is 69.6 Å². The maximum atomic E-state index is 11.2. The molecule has 4 heteroatoms. The van der Waals surface area contributed by atoms with Crippen molar-refractivity contribution in [2.75, 3.05) is 12.1 Å². The van der Waals surface area contributed by atoms with Crippen molar-refractivity contribution in [1.29, 1.82) is 0 Å². The molecule has 1 aliphatic rings. The van der Waals surface area contributed by atoms with Gasteiger partial charge in [0.05, 0.1) is 11.3 Å². The van der Waals surface area contributed by atoms with Crippen molar-refractivity contribution in [2.45, 2.75) is 0 Å². The van der Waals surface area contributed by atoms with Crippen LogP contribution in [0.5, 0.6) is 0 Å². The molecule has 0 fully saturated rings. The number of benzene rings is 1. The van der Waals surface area contributed by atoms with Crippen LogP contribution >= 0.6 is 0 Å². The van der Waals surface area contributed by atoms with Gasteiger partial charge in [0.1, 0.15) is 0 Å². The molecule has 1 amide bonds. The number of carbonyl (C=O) groups is 1. The maximum Gasteiger partial charge on any atom is 0.278 e. The van der Waals surface area contributed by atoms with E-state index in [-0.39, 0.29) is 5.91 Å². The molecule has 4 nitrogen and oxygen atoms in total. The number of anilines is 1. The molecule has 1 aromatic carbocycles. The zero-order valence-electron chi connectivity index (χ0n) is 6.57. The first-order valence-corrected chi connectivity index (χ1v) is 3.59. The van der Waals surface area contributed by atoms with Gasteiger partial charge >= 0.3 is 0 Å². The Balaban J connectivity index is 2.55. The first kappa shape index (κ1) is 7.12. The Hall–Kier alpha value is -1.55. The van der Waals surface area contributed by atoms with E-state index in [1.807, 2.05) is 18.2 Å². The number of nitrogens with one attached hydrogen (secondary N) is 1. The molecule has 0 aliphatic carbocycles. The van der Waals surface area contributed by atoms with Gasteiger partial charge in [0.15, 0.2) is 0 Å². The molecule has 2 rings (SSSR count). The van der Waals surface area contributed by atoms with E-state index < -0.39 is 0 Å². The van der Waals surface area contributed by atoms with Crippen LogP contribution in [0.4, 0.5) is 5.69 Å². The van der Waals surface area contributed by atoms with Crippen molar-refractivity contribution in [3.05, 3.63) is 29.8 Å². The minimum absolute atomic E-state index is 0.205. The lowest BCUT2D eigenvalue weighted by Gasteiger charge is -2.25. The van der Waals surface area contributed by atoms with E-state index in [9.17, 15) is 4.79 Å². The highest BCUT2D eigenvalue weighted by Crippen LogP contribution is 2.21. The van der Waals surface area contributed by atoms with Crippen molar-refractivity contribution in [2.24, 2.45) is 0 Å². The molecule has 0 aromatic heterocycles. The highest BCUT2D eigenvalue weighted by molar-refractivity contribution is 5.99. The summed E-state index contributed by atoms with van der Waals surface area (Å²) in [7, 11) is 1.73.